The quantitative estimate of drug-likeness (QED) is 0.934. The fraction of sp³-hybridized carbons (Fsp3) is 0.222. The van der Waals surface area contributed by atoms with Crippen LogP contribution in [-0.4, -0.2) is 25.5 Å². The van der Waals surface area contributed by atoms with E-state index < -0.39 is 0 Å². The van der Waals surface area contributed by atoms with Gasteiger partial charge in [0.1, 0.15) is 11.6 Å². The summed E-state index contributed by atoms with van der Waals surface area (Å²) in [5.74, 6) is -0.0246. The van der Waals surface area contributed by atoms with Gasteiger partial charge >= 0.3 is 0 Å². The number of hydrogen-bond donors (Lipinski definition) is 1. The van der Waals surface area contributed by atoms with Crippen molar-refractivity contribution in [2.45, 2.75) is 13.0 Å². The van der Waals surface area contributed by atoms with Gasteiger partial charge in [-0.3, -0.25) is 9.59 Å². The minimum atomic E-state index is -0.359. The molecule has 2 amide bonds. The number of ether oxygens (including phenoxy) is 1. The first-order valence-electron chi connectivity index (χ1n) is 7.56. The molecule has 1 N–H and O–H groups in total. The summed E-state index contributed by atoms with van der Waals surface area (Å²) >= 11 is 0. The van der Waals surface area contributed by atoms with Crippen LogP contribution in [0.5, 0.6) is 5.75 Å². The number of rotatable bonds is 4. The number of carbonyl (C=O) groups excluding carboxylic acids is 2. The highest BCUT2D eigenvalue weighted by molar-refractivity contribution is 5.97. The van der Waals surface area contributed by atoms with Gasteiger partial charge in [-0.05, 0) is 35.4 Å². The third kappa shape index (κ3) is 3.53. The van der Waals surface area contributed by atoms with E-state index in [4.69, 9.17) is 4.74 Å². The molecule has 5 nitrogen and oxygen atoms in total. The Balaban J connectivity index is 1.62. The summed E-state index contributed by atoms with van der Waals surface area (Å²) in [5, 5.41) is 2.79. The van der Waals surface area contributed by atoms with E-state index in [0.717, 1.165) is 5.56 Å². The molecular weight excluding hydrogens is 311 g/mol. The molecule has 24 heavy (non-hydrogen) atoms. The van der Waals surface area contributed by atoms with Gasteiger partial charge in [0.15, 0.2) is 6.61 Å². The summed E-state index contributed by atoms with van der Waals surface area (Å²) in [7, 11) is 1.69. The van der Waals surface area contributed by atoms with Crippen molar-refractivity contribution >= 4 is 17.5 Å². The van der Waals surface area contributed by atoms with Crippen molar-refractivity contribution in [3.63, 3.8) is 0 Å². The number of carbonyl (C=O) groups is 2. The molecule has 0 bridgehead atoms. The summed E-state index contributed by atoms with van der Waals surface area (Å²) in [4.78, 5) is 25.2. The second kappa shape index (κ2) is 6.70. The minimum absolute atomic E-state index is 0.0349. The largest absolute Gasteiger partial charge is 0.482 e. The molecule has 1 heterocycles. The summed E-state index contributed by atoms with van der Waals surface area (Å²) in [6.45, 7) is 0.358. The van der Waals surface area contributed by atoms with Crippen LogP contribution in [0.4, 0.5) is 10.1 Å². The molecule has 0 saturated carbocycles. The van der Waals surface area contributed by atoms with Gasteiger partial charge in [0.05, 0.1) is 12.1 Å². The average molecular weight is 328 g/mol. The van der Waals surface area contributed by atoms with E-state index in [1.165, 1.54) is 17.0 Å². The van der Waals surface area contributed by atoms with E-state index in [9.17, 15) is 14.0 Å². The van der Waals surface area contributed by atoms with E-state index in [0.29, 0.717) is 23.5 Å². The Morgan fingerprint density at radius 2 is 2.08 bits per heavy atom. The molecule has 2 aromatic carbocycles. The van der Waals surface area contributed by atoms with Gasteiger partial charge in [0.25, 0.3) is 5.91 Å². The normalized spacial score (nSPS) is 13.2. The van der Waals surface area contributed by atoms with E-state index >= 15 is 0 Å². The van der Waals surface area contributed by atoms with E-state index in [1.54, 1.807) is 25.2 Å². The number of halogens is 1. The molecule has 6 heteroatoms. The van der Waals surface area contributed by atoms with Crippen LogP contribution in [0, 0.1) is 5.82 Å². The molecule has 1 aliphatic rings. The van der Waals surface area contributed by atoms with Gasteiger partial charge in [0, 0.05) is 13.6 Å². The van der Waals surface area contributed by atoms with Gasteiger partial charge in [-0.15, -0.1) is 0 Å². The third-order valence-corrected chi connectivity index (χ3v) is 3.85. The van der Waals surface area contributed by atoms with Crippen molar-refractivity contribution in [2.75, 3.05) is 18.6 Å². The van der Waals surface area contributed by atoms with Crippen LogP contribution in [0.3, 0.4) is 0 Å². The van der Waals surface area contributed by atoms with Crippen LogP contribution < -0.4 is 15.0 Å². The Morgan fingerprint density at radius 1 is 1.25 bits per heavy atom. The molecule has 0 spiro atoms. The maximum absolute atomic E-state index is 13.1. The molecule has 0 atom stereocenters. The first-order valence-corrected chi connectivity index (χ1v) is 7.56. The fourth-order valence-corrected chi connectivity index (χ4v) is 2.52. The summed E-state index contributed by atoms with van der Waals surface area (Å²) in [5.41, 5.74) is 2.16. The lowest BCUT2D eigenvalue weighted by Gasteiger charge is -2.26. The number of nitrogens with one attached hydrogen (secondary N) is 1. The first-order chi connectivity index (χ1) is 11.5. The monoisotopic (exact) mass is 328 g/mol. The SMILES string of the molecule is CN1C(=O)COc2ccc(CNC(=O)Cc3cccc(F)c3)cc21. The number of likely N-dealkylation sites (N-methyl/N-ethyl adjacent to an activating group) is 1. The maximum atomic E-state index is 13.1. The molecule has 0 unspecified atom stereocenters. The zero-order chi connectivity index (χ0) is 17.1. The molecule has 1 aliphatic heterocycles. The van der Waals surface area contributed by atoms with Crippen molar-refractivity contribution in [2.24, 2.45) is 0 Å². The lowest BCUT2D eigenvalue weighted by Crippen LogP contribution is -2.35. The molecule has 0 aliphatic carbocycles. The molecule has 0 fully saturated rings. The van der Waals surface area contributed by atoms with Crippen molar-refractivity contribution < 1.29 is 18.7 Å². The van der Waals surface area contributed by atoms with Crippen molar-refractivity contribution in [3.05, 3.63) is 59.4 Å². The number of fused-ring (bicyclic) bond motifs is 1. The predicted octanol–water partition coefficient (Wildman–Crippen LogP) is 2.04. The second-order valence-corrected chi connectivity index (χ2v) is 5.63. The molecule has 0 saturated heterocycles. The van der Waals surface area contributed by atoms with Gasteiger partial charge in [-0.1, -0.05) is 18.2 Å². The maximum Gasteiger partial charge on any atom is 0.264 e. The Morgan fingerprint density at radius 3 is 2.88 bits per heavy atom. The van der Waals surface area contributed by atoms with Gasteiger partial charge in [-0.25, -0.2) is 4.39 Å². The highest BCUT2D eigenvalue weighted by Crippen LogP contribution is 2.31. The van der Waals surface area contributed by atoms with Crippen molar-refractivity contribution in [1.29, 1.82) is 0 Å². The van der Waals surface area contributed by atoms with Crippen LogP contribution in [0.1, 0.15) is 11.1 Å². The van der Waals surface area contributed by atoms with E-state index in [2.05, 4.69) is 5.32 Å². The molecule has 124 valence electrons. The summed E-state index contributed by atoms with van der Waals surface area (Å²) in [6.07, 6.45) is 0.115. The van der Waals surface area contributed by atoms with Crippen LogP contribution in [0.2, 0.25) is 0 Å². The number of anilines is 1. The van der Waals surface area contributed by atoms with Crippen LogP contribution >= 0.6 is 0 Å². The Bertz CT molecular complexity index is 792. The van der Waals surface area contributed by atoms with Gasteiger partial charge in [-0.2, -0.15) is 0 Å². The lowest BCUT2D eigenvalue weighted by atomic mass is 10.1. The Kier molecular flexibility index (Phi) is 4.46. The standard InChI is InChI=1S/C18H17FN2O3/c1-21-15-8-13(5-6-16(15)24-11-18(21)23)10-20-17(22)9-12-3-2-4-14(19)7-12/h2-8H,9-11H2,1H3,(H,20,22). The lowest BCUT2D eigenvalue weighted by molar-refractivity contribution is -0.121. The molecular formula is C18H17FN2O3. The number of benzene rings is 2. The average Bonchev–Trinajstić information content (AvgIpc) is 2.56. The smallest absolute Gasteiger partial charge is 0.264 e. The number of amides is 2. The second-order valence-electron chi connectivity index (χ2n) is 5.63. The van der Waals surface area contributed by atoms with Crippen molar-refractivity contribution in [3.8, 4) is 5.75 Å². The van der Waals surface area contributed by atoms with Gasteiger partial charge < -0.3 is 15.0 Å². The van der Waals surface area contributed by atoms with Crippen LogP contribution in [0.25, 0.3) is 0 Å². The summed E-state index contributed by atoms with van der Waals surface area (Å²) in [6, 6.07) is 11.4. The van der Waals surface area contributed by atoms with Crippen LogP contribution in [-0.2, 0) is 22.6 Å². The number of hydrogen-bond acceptors (Lipinski definition) is 3. The van der Waals surface area contributed by atoms with Crippen molar-refractivity contribution in [1.82, 2.24) is 5.32 Å². The fourth-order valence-electron chi connectivity index (χ4n) is 2.52. The van der Waals surface area contributed by atoms with E-state index in [-0.39, 0.29) is 30.7 Å². The third-order valence-electron chi connectivity index (χ3n) is 3.85. The Hall–Kier alpha value is -2.89. The zero-order valence-corrected chi connectivity index (χ0v) is 13.2. The summed E-state index contributed by atoms with van der Waals surface area (Å²) < 4.78 is 18.5. The minimum Gasteiger partial charge on any atom is -0.482 e. The highest BCUT2D eigenvalue weighted by Gasteiger charge is 2.22. The molecule has 2 aromatic rings. The highest BCUT2D eigenvalue weighted by atomic mass is 19.1. The molecule has 3 rings (SSSR count). The topological polar surface area (TPSA) is 58.6 Å². The van der Waals surface area contributed by atoms with Gasteiger partial charge in [0.2, 0.25) is 5.91 Å². The zero-order valence-electron chi connectivity index (χ0n) is 13.2. The molecule has 0 aromatic heterocycles. The van der Waals surface area contributed by atoms with E-state index in [1.807, 2.05) is 12.1 Å². The van der Waals surface area contributed by atoms with Crippen LogP contribution in [0.15, 0.2) is 42.5 Å². The molecule has 0 radical (unpaired) electrons. The number of nitrogens with zero attached hydrogens (tertiary/aromatic N) is 1. The predicted molar refractivity (Wildman–Crippen MR) is 87.3 cm³/mol. The first kappa shape index (κ1) is 16.0. The Labute approximate surface area is 139 Å².